The number of nitrogens with one attached hydrogen (secondary N) is 1. The Morgan fingerprint density at radius 3 is 2.65 bits per heavy atom. The van der Waals surface area contributed by atoms with Crippen LogP contribution in [0.5, 0.6) is 0 Å². The molecular weight excluding hydrogens is 292 g/mol. The predicted octanol–water partition coefficient (Wildman–Crippen LogP) is 1.72. The van der Waals surface area contributed by atoms with E-state index in [-0.39, 0.29) is 11.1 Å². The average Bonchev–Trinajstić information content (AvgIpc) is 2.48. The van der Waals surface area contributed by atoms with Crippen molar-refractivity contribution < 1.29 is 8.42 Å². The summed E-state index contributed by atoms with van der Waals surface area (Å²) in [6, 6.07) is 8.17. The van der Waals surface area contributed by atoms with Gasteiger partial charge in [-0.15, -0.1) is 0 Å². The van der Waals surface area contributed by atoms with E-state index in [4.69, 9.17) is 0 Å². The second-order valence-corrected chi connectivity index (χ2v) is 8.47. The molecule has 1 fully saturated rings. The van der Waals surface area contributed by atoms with E-state index in [1.54, 1.807) is 18.7 Å². The fourth-order valence-corrected chi connectivity index (χ4v) is 5.37. The first-order valence-corrected chi connectivity index (χ1v) is 9.75. The molecule has 0 saturated carbocycles. The van der Waals surface area contributed by atoms with Gasteiger partial charge >= 0.3 is 0 Å². The Hall–Kier alpha value is -0.720. The minimum atomic E-state index is -3.05. The van der Waals surface area contributed by atoms with E-state index in [1.807, 2.05) is 24.1 Å². The van der Waals surface area contributed by atoms with Crippen LogP contribution in [0.1, 0.15) is 12.5 Å². The molecule has 0 bridgehead atoms. The molecule has 6 heteroatoms. The largest absolute Gasteiger partial charge is 0.353 e. The smallest absolute Gasteiger partial charge is 0.171 e. The molecule has 112 valence electrons. The van der Waals surface area contributed by atoms with E-state index in [0.717, 1.165) is 24.5 Å². The quantitative estimate of drug-likeness (QED) is 0.897. The Morgan fingerprint density at radius 1 is 1.35 bits per heavy atom. The Kier molecular flexibility index (Phi) is 5.35. The molecule has 0 amide bonds. The monoisotopic (exact) mass is 314 g/mol. The van der Waals surface area contributed by atoms with Crippen molar-refractivity contribution in [1.82, 2.24) is 5.32 Å². The van der Waals surface area contributed by atoms with Gasteiger partial charge in [0.05, 0.1) is 0 Å². The van der Waals surface area contributed by atoms with E-state index in [0.29, 0.717) is 5.75 Å². The highest BCUT2D eigenvalue weighted by atomic mass is 32.2. The van der Waals surface area contributed by atoms with Crippen molar-refractivity contribution in [2.45, 2.75) is 18.8 Å². The molecular formula is C14H22N2O2S2. The number of thioether (sulfide) groups is 1. The van der Waals surface area contributed by atoms with Gasteiger partial charge in [-0.3, -0.25) is 0 Å². The molecule has 1 atom stereocenters. The van der Waals surface area contributed by atoms with Crippen LogP contribution >= 0.6 is 11.8 Å². The number of rotatable bonds is 5. The van der Waals surface area contributed by atoms with E-state index >= 15 is 0 Å². The minimum Gasteiger partial charge on any atom is -0.353 e. The highest BCUT2D eigenvalue weighted by molar-refractivity contribution is 8.01. The molecule has 1 aliphatic heterocycles. The van der Waals surface area contributed by atoms with E-state index in [9.17, 15) is 8.42 Å². The van der Waals surface area contributed by atoms with Gasteiger partial charge in [0.1, 0.15) is 5.37 Å². The van der Waals surface area contributed by atoms with Crippen LogP contribution in [0.3, 0.4) is 0 Å². The van der Waals surface area contributed by atoms with Gasteiger partial charge in [0.15, 0.2) is 9.84 Å². The second-order valence-electron chi connectivity index (χ2n) is 4.87. The van der Waals surface area contributed by atoms with Gasteiger partial charge in [-0.05, 0) is 24.7 Å². The van der Waals surface area contributed by atoms with Crippen LogP contribution in [0.25, 0.3) is 0 Å². The maximum Gasteiger partial charge on any atom is 0.171 e. The SMILES string of the molecule is CCS(=O)(=O)C1CSCCN1c1ccc(CNC)cc1. The average molecular weight is 314 g/mol. The molecule has 1 unspecified atom stereocenters. The van der Waals surface area contributed by atoms with E-state index in [1.165, 1.54) is 5.56 Å². The summed E-state index contributed by atoms with van der Waals surface area (Å²) in [5, 5.41) is 2.72. The fourth-order valence-electron chi connectivity index (χ4n) is 2.38. The van der Waals surface area contributed by atoms with Gasteiger partial charge in [-0.1, -0.05) is 19.1 Å². The first-order chi connectivity index (χ1) is 9.58. The van der Waals surface area contributed by atoms with Gasteiger partial charge in [-0.25, -0.2) is 8.42 Å². The van der Waals surface area contributed by atoms with Crippen LogP contribution in [-0.4, -0.2) is 44.6 Å². The molecule has 1 aliphatic rings. The van der Waals surface area contributed by atoms with Gasteiger partial charge in [-0.2, -0.15) is 11.8 Å². The lowest BCUT2D eigenvalue weighted by molar-refractivity contribution is 0.579. The van der Waals surface area contributed by atoms with Crippen molar-refractivity contribution in [3.05, 3.63) is 29.8 Å². The van der Waals surface area contributed by atoms with Crippen LogP contribution in [0, 0.1) is 0 Å². The van der Waals surface area contributed by atoms with Crippen molar-refractivity contribution in [1.29, 1.82) is 0 Å². The highest BCUT2D eigenvalue weighted by Gasteiger charge is 2.32. The number of anilines is 1. The third-order valence-corrected chi connectivity index (χ3v) is 6.84. The lowest BCUT2D eigenvalue weighted by atomic mass is 10.2. The number of benzene rings is 1. The molecule has 2 rings (SSSR count). The molecule has 20 heavy (non-hydrogen) atoms. The zero-order valence-corrected chi connectivity index (χ0v) is 13.6. The molecule has 0 aromatic heterocycles. The van der Waals surface area contributed by atoms with Crippen LogP contribution in [0.4, 0.5) is 5.69 Å². The summed E-state index contributed by atoms with van der Waals surface area (Å²) in [5.41, 5.74) is 2.21. The minimum absolute atomic E-state index is 0.201. The summed E-state index contributed by atoms with van der Waals surface area (Å²) in [5.74, 6) is 1.84. The van der Waals surface area contributed by atoms with E-state index in [2.05, 4.69) is 17.4 Å². The fraction of sp³-hybridized carbons (Fsp3) is 0.571. The molecule has 0 radical (unpaired) electrons. The summed E-state index contributed by atoms with van der Waals surface area (Å²) in [6.45, 7) is 3.34. The number of hydrogen-bond donors (Lipinski definition) is 1. The molecule has 4 nitrogen and oxygen atoms in total. The van der Waals surface area contributed by atoms with Crippen molar-refractivity contribution in [3.8, 4) is 0 Å². The topological polar surface area (TPSA) is 49.4 Å². The molecule has 1 heterocycles. The first kappa shape index (κ1) is 15.7. The number of nitrogens with zero attached hydrogens (tertiary/aromatic N) is 1. The Bertz CT molecular complexity index is 529. The van der Waals surface area contributed by atoms with Crippen molar-refractivity contribution in [2.75, 3.05) is 35.8 Å². The van der Waals surface area contributed by atoms with Crippen LogP contribution in [-0.2, 0) is 16.4 Å². The first-order valence-electron chi connectivity index (χ1n) is 6.88. The van der Waals surface area contributed by atoms with Crippen LogP contribution < -0.4 is 10.2 Å². The highest BCUT2D eigenvalue weighted by Crippen LogP contribution is 2.27. The van der Waals surface area contributed by atoms with Gasteiger partial charge < -0.3 is 10.2 Å². The molecule has 1 aromatic carbocycles. The van der Waals surface area contributed by atoms with Gasteiger partial charge in [0.25, 0.3) is 0 Å². The molecule has 1 aromatic rings. The molecule has 1 N–H and O–H groups in total. The predicted molar refractivity (Wildman–Crippen MR) is 87.1 cm³/mol. The summed E-state index contributed by atoms with van der Waals surface area (Å²) in [4.78, 5) is 2.04. The Labute approximate surface area is 125 Å². The zero-order valence-electron chi connectivity index (χ0n) is 12.0. The van der Waals surface area contributed by atoms with Crippen LogP contribution in [0.15, 0.2) is 24.3 Å². The number of hydrogen-bond acceptors (Lipinski definition) is 5. The molecule has 0 spiro atoms. The third-order valence-electron chi connectivity index (χ3n) is 3.55. The van der Waals surface area contributed by atoms with E-state index < -0.39 is 9.84 Å². The normalized spacial score (nSPS) is 20.1. The molecule has 0 aliphatic carbocycles. The number of sulfone groups is 1. The lowest BCUT2D eigenvalue weighted by Gasteiger charge is -2.36. The third kappa shape index (κ3) is 3.48. The van der Waals surface area contributed by atoms with Gasteiger partial charge in [0.2, 0.25) is 0 Å². The summed E-state index contributed by atoms with van der Waals surface area (Å²) >= 11 is 1.72. The van der Waals surface area contributed by atoms with Gasteiger partial charge in [0, 0.05) is 36.0 Å². The maximum absolute atomic E-state index is 12.2. The molecule has 1 saturated heterocycles. The summed E-state index contributed by atoms with van der Waals surface area (Å²) in [7, 11) is -1.13. The Balaban J connectivity index is 2.23. The summed E-state index contributed by atoms with van der Waals surface area (Å²) < 4.78 is 24.5. The second kappa shape index (κ2) is 6.83. The van der Waals surface area contributed by atoms with Crippen molar-refractivity contribution in [3.63, 3.8) is 0 Å². The van der Waals surface area contributed by atoms with Crippen molar-refractivity contribution in [2.24, 2.45) is 0 Å². The summed E-state index contributed by atoms with van der Waals surface area (Å²) in [6.07, 6.45) is 0. The maximum atomic E-state index is 12.2. The zero-order chi connectivity index (χ0) is 14.6. The standard InChI is InChI=1S/C14H22N2O2S2/c1-3-20(17,18)14-11-19-9-8-16(14)13-6-4-12(5-7-13)10-15-2/h4-7,14-15H,3,8-11H2,1-2H3. The Morgan fingerprint density at radius 2 is 2.05 bits per heavy atom. The van der Waals surface area contributed by atoms with Crippen molar-refractivity contribution >= 4 is 27.3 Å². The lowest BCUT2D eigenvalue weighted by Crippen LogP contribution is -2.48. The van der Waals surface area contributed by atoms with Crippen LogP contribution in [0.2, 0.25) is 0 Å².